The summed E-state index contributed by atoms with van der Waals surface area (Å²) in [5.41, 5.74) is 2.97. The highest BCUT2D eigenvalue weighted by Crippen LogP contribution is 2.04. The molecular weight excluding hydrogens is 230 g/mol. The number of carbonyl (C=O) groups is 1. The molecule has 0 unspecified atom stereocenters. The van der Waals surface area contributed by atoms with Crippen molar-refractivity contribution in [2.24, 2.45) is 5.84 Å². The zero-order chi connectivity index (χ0) is 13.4. The second-order valence-electron chi connectivity index (χ2n) is 3.86. The van der Waals surface area contributed by atoms with Gasteiger partial charge in [0.1, 0.15) is 5.82 Å². The molecule has 0 aliphatic rings. The van der Waals surface area contributed by atoms with Gasteiger partial charge in [-0.3, -0.25) is 4.79 Å². The van der Waals surface area contributed by atoms with Gasteiger partial charge in [-0.1, -0.05) is 13.8 Å². The van der Waals surface area contributed by atoms with Crippen molar-refractivity contribution in [3.8, 4) is 0 Å². The Kier molecular flexibility index (Phi) is 6.10. The molecular formula is C12H21N5O. The number of aromatic nitrogens is 1. The summed E-state index contributed by atoms with van der Waals surface area (Å²) in [7, 11) is 0. The number of hydrogen-bond acceptors (Lipinski definition) is 5. The molecule has 1 aromatic rings. The van der Waals surface area contributed by atoms with Crippen LogP contribution in [0.15, 0.2) is 18.3 Å². The number of rotatable bonds is 7. The fourth-order valence-electron chi connectivity index (χ4n) is 1.62. The number of pyridine rings is 1. The van der Waals surface area contributed by atoms with E-state index in [2.05, 4.69) is 34.5 Å². The topological polar surface area (TPSA) is 83.3 Å². The van der Waals surface area contributed by atoms with Crippen LogP contribution in [0.2, 0.25) is 0 Å². The maximum absolute atomic E-state index is 11.8. The average molecular weight is 251 g/mol. The Labute approximate surface area is 108 Å². The first kappa shape index (κ1) is 14.4. The molecule has 1 aromatic heterocycles. The predicted octanol–water partition coefficient (Wildman–Crippen LogP) is 0.439. The van der Waals surface area contributed by atoms with E-state index in [0.29, 0.717) is 17.9 Å². The van der Waals surface area contributed by atoms with Crippen molar-refractivity contribution in [1.29, 1.82) is 0 Å². The fraction of sp³-hybridized carbons (Fsp3) is 0.500. The normalized spacial score (nSPS) is 10.4. The molecule has 6 heteroatoms. The molecule has 1 amide bonds. The van der Waals surface area contributed by atoms with Crippen molar-refractivity contribution in [3.63, 3.8) is 0 Å². The molecule has 1 rings (SSSR count). The smallest absolute Gasteiger partial charge is 0.251 e. The van der Waals surface area contributed by atoms with E-state index in [1.54, 1.807) is 18.3 Å². The minimum absolute atomic E-state index is 0.110. The number of hydrazine groups is 1. The van der Waals surface area contributed by atoms with Crippen molar-refractivity contribution in [2.45, 2.75) is 13.8 Å². The van der Waals surface area contributed by atoms with Gasteiger partial charge in [0.2, 0.25) is 0 Å². The van der Waals surface area contributed by atoms with Crippen LogP contribution >= 0.6 is 0 Å². The first-order chi connectivity index (χ1) is 8.71. The molecule has 4 N–H and O–H groups in total. The van der Waals surface area contributed by atoms with Gasteiger partial charge in [0.25, 0.3) is 5.91 Å². The molecule has 0 radical (unpaired) electrons. The summed E-state index contributed by atoms with van der Waals surface area (Å²) in [5.74, 6) is 5.61. The lowest BCUT2D eigenvalue weighted by molar-refractivity contribution is 0.0949. The summed E-state index contributed by atoms with van der Waals surface area (Å²) in [6.07, 6.45) is 1.55. The third-order valence-corrected chi connectivity index (χ3v) is 2.78. The van der Waals surface area contributed by atoms with Crippen LogP contribution in [0, 0.1) is 0 Å². The van der Waals surface area contributed by atoms with Crippen LogP contribution in [0.4, 0.5) is 5.82 Å². The van der Waals surface area contributed by atoms with Crippen LogP contribution in [0.3, 0.4) is 0 Å². The lowest BCUT2D eigenvalue weighted by Gasteiger charge is -2.17. The van der Waals surface area contributed by atoms with Crippen LogP contribution < -0.4 is 16.6 Å². The van der Waals surface area contributed by atoms with Crippen molar-refractivity contribution < 1.29 is 4.79 Å². The molecule has 0 fully saturated rings. The van der Waals surface area contributed by atoms with Gasteiger partial charge in [-0.2, -0.15) is 0 Å². The molecule has 0 bridgehead atoms. The Hall–Kier alpha value is -1.66. The fourth-order valence-corrected chi connectivity index (χ4v) is 1.62. The number of hydrogen-bond donors (Lipinski definition) is 3. The van der Waals surface area contributed by atoms with Gasteiger partial charge in [-0.15, -0.1) is 0 Å². The van der Waals surface area contributed by atoms with Gasteiger partial charge in [-0.25, -0.2) is 10.8 Å². The summed E-state index contributed by atoms with van der Waals surface area (Å²) in [4.78, 5) is 18.0. The minimum atomic E-state index is -0.110. The summed E-state index contributed by atoms with van der Waals surface area (Å²) < 4.78 is 0. The Morgan fingerprint density at radius 1 is 1.44 bits per heavy atom. The first-order valence-electron chi connectivity index (χ1n) is 6.14. The molecule has 0 spiro atoms. The van der Waals surface area contributed by atoms with Crippen LogP contribution in [0.5, 0.6) is 0 Å². The standard InChI is InChI=1S/C12H21N5O/c1-3-17(4-2)8-7-15-12(18)10-5-6-14-11(9-10)16-13/h5-6,9H,3-4,7-8,13H2,1-2H3,(H,14,16)(H,15,18). The van der Waals surface area contributed by atoms with E-state index in [4.69, 9.17) is 5.84 Å². The molecule has 6 nitrogen and oxygen atoms in total. The van der Waals surface area contributed by atoms with E-state index in [-0.39, 0.29) is 5.91 Å². The maximum atomic E-state index is 11.8. The monoisotopic (exact) mass is 251 g/mol. The molecule has 0 atom stereocenters. The van der Waals surface area contributed by atoms with Gasteiger partial charge in [0.15, 0.2) is 0 Å². The maximum Gasteiger partial charge on any atom is 0.251 e. The molecule has 0 aliphatic heterocycles. The average Bonchev–Trinajstić information content (AvgIpc) is 2.43. The van der Waals surface area contributed by atoms with Gasteiger partial charge in [0.05, 0.1) is 0 Å². The van der Waals surface area contributed by atoms with Gasteiger partial charge >= 0.3 is 0 Å². The van der Waals surface area contributed by atoms with Crippen LogP contribution in [-0.2, 0) is 0 Å². The van der Waals surface area contributed by atoms with E-state index >= 15 is 0 Å². The van der Waals surface area contributed by atoms with E-state index in [9.17, 15) is 4.79 Å². The molecule has 0 saturated carbocycles. The van der Waals surface area contributed by atoms with Crippen LogP contribution in [0.1, 0.15) is 24.2 Å². The largest absolute Gasteiger partial charge is 0.351 e. The Bertz CT molecular complexity index is 378. The zero-order valence-corrected chi connectivity index (χ0v) is 10.9. The van der Waals surface area contributed by atoms with Gasteiger partial charge in [-0.05, 0) is 25.2 Å². The predicted molar refractivity (Wildman–Crippen MR) is 72.2 cm³/mol. The summed E-state index contributed by atoms with van der Waals surface area (Å²) in [6.45, 7) is 7.67. The van der Waals surface area contributed by atoms with Crippen LogP contribution in [-0.4, -0.2) is 42.0 Å². The van der Waals surface area contributed by atoms with Gasteiger partial charge < -0.3 is 15.6 Å². The second-order valence-corrected chi connectivity index (χ2v) is 3.86. The number of carbonyl (C=O) groups excluding carboxylic acids is 1. The Balaban J connectivity index is 2.45. The number of likely N-dealkylation sites (N-methyl/N-ethyl adjacent to an activating group) is 1. The lowest BCUT2D eigenvalue weighted by Crippen LogP contribution is -2.34. The number of nitrogen functional groups attached to an aromatic ring is 1. The van der Waals surface area contributed by atoms with E-state index in [0.717, 1.165) is 19.6 Å². The second kappa shape index (κ2) is 7.62. The third-order valence-electron chi connectivity index (χ3n) is 2.78. The van der Waals surface area contributed by atoms with Crippen molar-refractivity contribution in [2.75, 3.05) is 31.6 Å². The summed E-state index contributed by atoms with van der Waals surface area (Å²) in [6, 6.07) is 3.28. The molecule has 0 aromatic carbocycles. The molecule has 100 valence electrons. The van der Waals surface area contributed by atoms with E-state index in [1.165, 1.54) is 0 Å². The molecule has 0 saturated heterocycles. The zero-order valence-electron chi connectivity index (χ0n) is 10.9. The van der Waals surface area contributed by atoms with Crippen molar-refractivity contribution in [3.05, 3.63) is 23.9 Å². The van der Waals surface area contributed by atoms with Crippen LogP contribution in [0.25, 0.3) is 0 Å². The van der Waals surface area contributed by atoms with Crippen molar-refractivity contribution in [1.82, 2.24) is 15.2 Å². The number of amides is 1. The number of nitrogens with two attached hydrogens (primary N) is 1. The summed E-state index contributed by atoms with van der Waals surface area (Å²) in [5, 5.41) is 2.87. The quantitative estimate of drug-likeness (QED) is 0.484. The minimum Gasteiger partial charge on any atom is -0.351 e. The third kappa shape index (κ3) is 4.31. The molecule has 1 heterocycles. The number of nitrogens with zero attached hydrogens (tertiary/aromatic N) is 2. The Morgan fingerprint density at radius 3 is 2.78 bits per heavy atom. The SMILES string of the molecule is CCN(CC)CCNC(=O)c1ccnc(NN)c1. The van der Waals surface area contributed by atoms with E-state index < -0.39 is 0 Å². The molecule has 0 aliphatic carbocycles. The highest BCUT2D eigenvalue weighted by Gasteiger charge is 2.06. The molecule has 18 heavy (non-hydrogen) atoms. The number of nitrogens with one attached hydrogen (secondary N) is 2. The lowest BCUT2D eigenvalue weighted by atomic mass is 10.2. The van der Waals surface area contributed by atoms with Gasteiger partial charge in [0, 0.05) is 24.8 Å². The highest BCUT2D eigenvalue weighted by atomic mass is 16.1. The number of anilines is 1. The Morgan fingerprint density at radius 2 is 2.17 bits per heavy atom. The van der Waals surface area contributed by atoms with Crippen molar-refractivity contribution >= 4 is 11.7 Å². The highest BCUT2D eigenvalue weighted by molar-refractivity contribution is 5.94. The first-order valence-corrected chi connectivity index (χ1v) is 6.14. The van der Waals surface area contributed by atoms with E-state index in [1.807, 2.05) is 0 Å². The summed E-state index contributed by atoms with van der Waals surface area (Å²) >= 11 is 0.